The summed E-state index contributed by atoms with van der Waals surface area (Å²) in [5, 5.41) is 8.90. The first-order chi connectivity index (χ1) is 10.0. The summed E-state index contributed by atoms with van der Waals surface area (Å²) in [6.45, 7) is 6.90. The molecule has 0 saturated heterocycles. The number of amides is 1. The molecule has 0 saturated carbocycles. The highest BCUT2D eigenvalue weighted by Gasteiger charge is 2.24. The number of nitrogens with zero attached hydrogens (tertiary/aromatic N) is 1. The highest BCUT2D eigenvalue weighted by molar-refractivity contribution is 5.95. The van der Waals surface area contributed by atoms with Gasteiger partial charge in [-0.1, -0.05) is 33.1 Å². The molecule has 1 atom stereocenters. The van der Waals surface area contributed by atoms with Crippen molar-refractivity contribution >= 4 is 11.9 Å². The zero-order valence-electron chi connectivity index (χ0n) is 13.1. The number of carboxylic acid groups (broad SMARTS) is 1. The van der Waals surface area contributed by atoms with Crippen LogP contribution in [0.3, 0.4) is 0 Å². The number of carbonyl (C=O) groups is 2. The van der Waals surface area contributed by atoms with E-state index in [9.17, 15) is 9.59 Å². The molecule has 0 fully saturated rings. The van der Waals surface area contributed by atoms with Crippen LogP contribution in [-0.2, 0) is 0 Å². The quantitative estimate of drug-likeness (QED) is 0.703. The topological polar surface area (TPSA) is 70.8 Å². The molecule has 1 heterocycles. The Morgan fingerprint density at radius 3 is 2.52 bits per heavy atom. The molecular formula is C16H25NO4. The van der Waals surface area contributed by atoms with Gasteiger partial charge in [0.1, 0.15) is 6.26 Å². The molecule has 1 rings (SSSR count). The van der Waals surface area contributed by atoms with Gasteiger partial charge in [-0.2, -0.15) is 0 Å². The Morgan fingerprint density at radius 1 is 1.29 bits per heavy atom. The normalized spacial score (nSPS) is 12.1. The molecule has 1 aromatic heterocycles. The lowest BCUT2D eigenvalue weighted by Crippen LogP contribution is -2.39. The maximum Gasteiger partial charge on any atom is 0.338 e. The van der Waals surface area contributed by atoms with Gasteiger partial charge in [-0.05, 0) is 19.8 Å². The molecule has 5 heteroatoms. The van der Waals surface area contributed by atoms with Crippen LogP contribution in [0.2, 0.25) is 0 Å². The third-order valence-corrected chi connectivity index (χ3v) is 3.56. The molecular weight excluding hydrogens is 270 g/mol. The highest BCUT2D eigenvalue weighted by atomic mass is 16.4. The Morgan fingerprint density at radius 2 is 2.00 bits per heavy atom. The molecule has 1 N–H and O–H groups in total. The minimum atomic E-state index is -1.09. The molecule has 118 valence electrons. The van der Waals surface area contributed by atoms with Crippen LogP contribution in [0.1, 0.15) is 73.8 Å². The van der Waals surface area contributed by atoms with Crippen molar-refractivity contribution in [3.63, 3.8) is 0 Å². The van der Waals surface area contributed by atoms with Crippen LogP contribution in [0.25, 0.3) is 0 Å². The summed E-state index contributed by atoms with van der Waals surface area (Å²) in [6.07, 6.45) is 6.14. The molecule has 5 nitrogen and oxygen atoms in total. The smallest absolute Gasteiger partial charge is 0.338 e. The maximum absolute atomic E-state index is 12.5. The van der Waals surface area contributed by atoms with Gasteiger partial charge in [0.15, 0.2) is 5.76 Å². The predicted molar refractivity (Wildman–Crippen MR) is 80.6 cm³/mol. The number of aromatic carboxylic acids is 1. The van der Waals surface area contributed by atoms with E-state index in [0.717, 1.165) is 38.4 Å². The Balaban J connectivity index is 2.83. The van der Waals surface area contributed by atoms with Crippen LogP contribution in [0.15, 0.2) is 16.7 Å². The summed E-state index contributed by atoms with van der Waals surface area (Å²) in [6, 6.07) is 1.42. The molecule has 0 aliphatic rings. The van der Waals surface area contributed by atoms with Gasteiger partial charge in [-0.25, -0.2) is 4.79 Å². The van der Waals surface area contributed by atoms with Gasteiger partial charge in [-0.3, -0.25) is 4.79 Å². The second-order valence-electron chi connectivity index (χ2n) is 5.35. The van der Waals surface area contributed by atoms with Crippen molar-refractivity contribution in [2.75, 3.05) is 6.54 Å². The Hall–Kier alpha value is -1.78. The van der Waals surface area contributed by atoms with Crippen molar-refractivity contribution < 1.29 is 19.1 Å². The lowest BCUT2D eigenvalue weighted by atomic mass is 10.1. The van der Waals surface area contributed by atoms with Gasteiger partial charge in [-0.15, -0.1) is 0 Å². The Bertz CT molecular complexity index is 467. The van der Waals surface area contributed by atoms with E-state index in [-0.39, 0.29) is 23.3 Å². The van der Waals surface area contributed by atoms with E-state index in [1.54, 1.807) is 4.90 Å². The van der Waals surface area contributed by atoms with E-state index < -0.39 is 5.97 Å². The molecule has 1 amide bonds. The summed E-state index contributed by atoms with van der Waals surface area (Å²) in [5.41, 5.74) is 0.00926. The number of rotatable bonds is 9. The van der Waals surface area contributed by atoms with Crippen molar-refractivity contribution in [1.82, 2.24) is 4.90 Å². The van der Waals surface area contributed by atoms with E-state index in [4.69, 9.17) is 9.52 Å². The fourth-order valence-electron chi connectivity index (χ4n) is 2.33. The zero-order chi connectivity index (χ0) is 15.8. The second kappa shape index (κ2) is 8.49. The molecule has 1 aromatic rings. The summed E-state index contributed by atoms with van der Waals surface area (Å²) < 4.78 is 5.13. The lowest BCUT2D eigenvalue weighted by Gasteiger charge is -2.28. The average molecular weight is 295 g/mol. The largest absolute Gasteiger partial charge is 0.478 e. The molecule has 0 aromatic carbocycles. The third kappa shape index (κ3) is 4.92. The molecule has 0 aliphatic carbocycles. The minimum absolute atomic E-state index is 0.00926. The van der Waals surface area contributed by atoms with Gasteiger partial charge < -0.3 is 14.4 Å². The van der Waals surface area contributed by atoms with Crippen molar-refractivity contribution in [1.29, 1.82) is 0 Å². The van der Waals surface area contributed by atoms with Gasteiger partial charge in [0.05, 0.1) is 5.56 Å². The number of carboxylic acids is 1. The zero-order valence-corrected chi connectivity index (χ0v) is 13.1. The average Bonchev–Trinajstić information content (AvgIpc) is 2.93. The molecule has 1 unspecified atom stereocenters. The van der Waals surface area contributed by atoms with E-state index in [0.29, 0.717) is 6.54 Å². The van der Waals surface area contributed by atoms with Crippen molar-refractivity contribution in [2.45, 2.75) is 58.9 Å². The predicted octanol–water partition coefficient (Wildman–Crippen LogP) is 3.80. The number of hydrogen-bond acceptors (Lipinski definition) is 3. The maximum atomic E-state index is 12.5. The fraction of sp³-hybridized carbons (Fsp3) is 0.625. The van der Waals surface area contributed by atoms with Gasteiger partial charge in [0.2, 0.25) is 0 Å². The van der Waals surface area contributed by atoms with Crippen LogP contribution in [-0.4, -0.2) is 34.5 Å². The Labute approximate surface area is 125 Å². The first kappa shape index (κ1) is 17.3. The molecule has 0 spiro atoms. The highest BCUT2D eigenvalue weighted by Crippen LogP contribution is 2.16. The van der Waals surface area contributed by atoms with E-state index >= 15 is 0 Å². The third-order valence-electron chi connectivity index (χ3n) is 3.56. The van der Waals surface area contributed by atoms with Gasteiger partial charge in [0.25, 0.3) is 5.91 Å². The van der Waals surface area contributed by atoms with E-state index in [1.165, 1.54) is 6.07 Å². The van der Waals surface area contributed by atoms with Gasteiger partial charge >= 0.3 is 5.97 Å². The standard InChI is InChI=1S/C16H25NO4/c1-4-6-7-9-17(12(3)8-5-2)15(18)14-10-13(11-21-14)16(19)20/h10-12H,4-9H2,1-3H3,(H,19,20). The minimum Gasteiger partial charge on any atom is -0.478 e. The molecule has 21 heavy (non-hydrogen) atoms. The molecule has 0 radical (unpaired) electrons. The number of carbonyl (C=O) groups excluding carboxylic acids is 1. The molecule has 0 bridgehead atoms. The second-order valence-corrected chi connectivity index (χ2v) is 5.35. The van der Waals surface area contributed by atoms with Crippen LogP contribution in [0, 0.1) is 0 Å². The number of hydrogen-bond donors (Lipinski definition) is 1. The number of unbranched alkanes of at least 4 members (excludes halogenated alkanes) is 2. The fourth-order valence-corrected chi connectivity index (χ4v) is 2.33. The van der Waals surface area contributed by atoms with Crippen molar-refractivity contribution in [3.05, 3.63) is 23.7 Å². The summed E-state index contributed by atoms with van der Waals surface area (Å²) in [7, 11) is 0. The van der Waals surface area contributed by atoms with E-state index in [1.807, 2.05) is 6.92 Å². The summed E-state index contributed by atoms with van der Waals surface area (Å²) >= 11 is 0. The van der Waals surface area contributed by atoms with Crippen LogP contribution in [0.5, 0.6) is 0 Å². The number of furan rings is 1. The summed E-state index contributed by atoms with van der Waals surface area (Å²) in [4.78, 5) is 25.2. The van der Waals surface area contributed by atoms with Gasteiger partial charge in [0, 0.05) is 18.7 Å². The monoisotopic (exact) mass is 295 g/mol. The SMILES string of the molecule is CCCCCN(C(=O)c1cc(C(=O)O)co1)C(C)CCC. The summed E-state index contributed by atoms with van der Waals surface area (Å²) in [5.74, 6) is -1.21. The first-order valence-corrected chi connectivity index (χ1v) is 7.64. The van der Waals surface area contributed by atoms with Crippen LogP contribution >= 0.6 is 0 Å². The van der Waals surface area contributed by atoms with Crippen molar-refractivity contribution in [3.8, 4) is 0 Å². The van der Waals surface area contributed by atoms with Crippen molar-refractivity contribution in [2.24, 2.45) is 0 Å². The Kier molecular flexibility index (Phi) is 6.99. The first-order valence-electron chi connectivity index (χ1n) is 7.64. The lowest BCUT2D eigenvalue weighted by molar-refractivity contribution is 0.0645. The van der Waals surface area contributed by atoms with Crippen LogP contribution in [0.4, 0.5) is 0 Å². The van der Waals surface area contributed by atoms with Crippen LogP contribution < -0.4 is 0 Å². The molecule has 0 aliphatic heterocycles. The van der Waals surface area contributed by atoms with E-state index in [2.05, 4.69) is 13.8 Å².